The van der Waals surface area contributed by atoms with E-state index in [2.05, 4.69) is 4.98 Å². The van der Waals surface area contributed by atoms with E-state index in [1.54, 1.807) is 12.5 Å². The molecule has 1 N–H and O–H groups in total. The average molecular weight is 189 g/mol. The van der Waals surface area contributed by atoms with Crippen molar-refractivity contribution in [1.29, 1.82) is 0 Å². The van der Waals surface area contributed by atoms with Crippen LogP contribution in [-0.2, 0) is 22.7 Å². The minimum absolute atomic E-state index is 0. The topological polar surface area (TPSA) is 74.1 Å². The van der Waals surface area contributed by atoms with Crippen molar-refractivity contribution in [3.8, 4) is 0 Å². The summed E-state index contributed by atoms with van der Waals surface area (Å²) in [6.45, 7) is 3.20. The largest absolute Gasteiger partial charge is 1.00 e. The van der Waals surface area contributed by atoms with Crippen molar-refractivity contribution in [1.82, 2.24) is 9.55 Å². The van der Waals surface area contributed by atoms with E-state index in [4.69, 9.17) is 4.74 Å². The van der Waals surface area contributed by atoms with E-state index in [-0.39, 0.29) is 30.4 Å². The van der Waals surface area contributed by atoms with Crippen LogP contribution < -0.4 is 18.9 Å². The summed E-state index contributed by atoms with van der Waals surface area (Å²) in [5.41, 5.74) is 0.950. The smallest absolute Gasteiger partial charge is 0.870 e. The molecular formula is C8H10LiN2O3-. The maximum atomic E-state index is 10.4. The fraction of sp³-hybridized carbons (Fsp3) is 0.500. The molecular weight excluding hydrogens is 179 g/mol. The Balaban J connectivity index is 0.000000845. The number of imidazole rings is 1. The first kappa shape index (κ1) is 13.4. The first-order valence-electron chi connectivity index (χ1n) is 3.85. The number of nitrogens with zero attached hydrogens (tertiary/aromatic N) is 2. The maximum Gasteiger partial charge on any atom is 1.00 e. The summed E-state index contributed by atoms with van der Waals surface area (Å²) in [6, 6.07) is 0. The predicted molar refractivity (Wildman–Crippen MR) is 43.2 cm³/mol. The standard InChI is InChI=1S/C8H9N2O2.Li.H2O/c1-6-3-10-7(5-12-6)2-9-8(10)4-11;;/h2,6H,3,5H2,1H3;;1H2/q-1;+1;/p-1. The summed E-state index contributed by atoms with van der Waals surface area (Å²) >= 11 is 0. The molecule has 0 radical (unpaired) electrons. The van der Waals surface area contributed by atoms with Crippen LogP contribution in [0.15, 0.2) is 6.20 Å². The van der Waals surface area contributed by atoms with Crippen molar-refractivity contribution in [3.05, 3.63) is 17.7 Å². The van der Waals surface area contributed by atoms with Gasteiger partial charge in [-0.2, -0.15) is 6.29 Å². The molecule has 2 rings (SSSR count). The molecule has 1 aliphatic heterocycles. The van der Waals surface area contributed by atoms with Gasteiger partial charge < -0.3 is 19.6 Å². The first-order chi connectivity index (χ1) is 5.81. The van der Waals surface area contributed by atoms with E-state index in [0.29, 0.717) is 19.0 Å². The molecule has 72 valence electrons. The van der Waals surface area contributed by atoms with E-state index >= 15 is 0 Å². The third kappa shape index (κ3) is 2.25. The van der Waals surface area contributed by atoms with Crippen molar-refractivity contribution in [2.75, 3.05) is 0 Å². The molecule has 1 aromatic heterocycles. The van der Waals surface area contributed by atoms with Gasteiger partial charge in [0.25, 0.3) is 0 Å². The molecule has 1 unspecified atom stereocenters. The number of ether oxygens (including phenoxy) is 1. The minimum atomic E-state index is 0. The molecule has 14 heavy (non-hydrogen) atoms. The second kappa shape index (κ2) is 5.32. The zero-order valence-corrected chi connectivity index (χ0v) is 8.23. The van der Waals surface area contributed by atoms with Gasteiger partial charge in [-0.15, -0.1) is 0 Å². The summed E-state index contributed by atoms with van der Waals surface area (Å²) in [4.78, 5) is 14.3. The molecule has 0 amide bonds. The van der Waals surface area contributed by atoms with Gasteiger partial charge in [0.1, 0.15) is 0 Å². The Labute approximate surface area is 93.9 Å². The van der Waals surface area contributed by atoms with Crippen LogP contribution in [0.5, 0.6) is 0 Å². The van der Waals surface area contributed by atoms with Crippen molar-refractivity contribution in [2.24, 2.45) is 0 Å². The monoisotopic (exact) mass is 189 g/mol. The van der Waals surface area contributed by atoms with Gasteiger partial charge in [0.05, 0.1) is 18.4 Å². The number of fused-ring (bicyclic) bond motifs is 1. The average Bonchev–Trinajstić information content (AvgIpc) is 2.46. The fourth-order valence-corrected chi connectivity index (χ4v) is 1.35. The number of hydrogen-bond donors (Lipinski definition) is 0. The van der Waals surface area contributed by atoms with E-state index in [0.717, 1.165) is 5.69 Å². The Morgan fingerprint density at radius 2 is 2.43 bits per heavy atom. The molecule has 1 aliphatic rings. The van der Waals surface area contributed by atoms with E-state index in [1.165, 1.54) is 0 Å². The zero-order chi connectivity index (χ0) is 8.55. The van der Waals surface area contributed by atoms with Crippen molar-refractivity contribution in [3.63, 3.8) is 0 Å². The van der Waals surface area contributed by atoms with Crippen LogP contribution in [0, 0.1) is 0 Å². The third-order valence-corrected chi connectivity index (χ3v) is 1.98. The van der Waals surface area contributed by atoms with Crippen LogP contribution in [-0.4, -0.2) is 27.4 Å². The molecule has 2 heterocycles. The quantitative estimate of drug-likeness (QED) is 0.350. The summed E-state index contributed by atoms with van der Waals surface area (Å²) < 4.78 is 7.22. The van der Waals surface area contributed by atoms with Gasteiger partial charge in [-0.25, -0.2) is 0 Å². The zero-order valence-electron chi connectivity index (χ0n) is 8.23. The summed E-state index contributed by atoms with van der Waals surface area (Å²) in [6.07, 6.45) is 3.61. The molecule has 5 nitrogen and oxygen atoms in total. The molecule has 0 aliphatic carbocycles. The summed E-state index contributed by atoms with van der Waals surface area (Å²) in [5, 5.41) is 0. The van der Waals surface area contributed by atoms with Crippen molar-refractivity contribution in [2.45, 2.75) is 26.2 Å². The van der Waals surface area contributed by atoms with Gasteiger partial charge in [0.15, 0.2) is 0 Å². The van der Waals surface area contributed by atoms with Crippen LogP contribution >= 0.6 is 0 Å². The molecule has 0 saturated carbocycles. The second-order valence-corrected chi connectivity index (χ2v) is 2.91. The Morgan fingerprint density at radius 1 is 1.71 bits per heavy atom. The van der Waals surface area contributed by atoms with Gasteiger partial charge >= 0.3 is 18.9 Å². The molecule has 1 aromatic rings. The number of hydrogen-bond acceptors (Lipinski definition) is 4. The SMILES string of the molecule is CC1Cn2c(cnc2[C-]=O)CO1.[Li+].[OH-]. The maximum absolute atomic E-state index is 10.4. The Bertz CT molecular complexity index is 314. The number of rotatable bonds is 1. The molecule has 0 bridgehead atoms. The third-order valence-electron chi connectivity index (χ3n) is 1.98. The van der Waals surface area contributed by atoms with Crippen LogP contribution in [0.1, 0.15) is 18.4 Å². The fourth-order valence-electron chi connectivity index (χ4n) is 1.35. The molecule has 0 spiro atoms. The van der Waals surface area contributed by atoms with Gasteiger partial charge in [-0.3, -0.25) is 4.98 Å². The van der Waals surface area contributed by atoms with Crippen LogP contribution in [0.25, 0.3) is 0 Å². The Morgan fingerprint density at radius 3 is 3.07 bits per heavy atom. The van der Waals surface area contributed by atoms with Crippen molar-refractivity contribution >= 4 is 6.29 Å². The van der Waals surface area contributed by atoms with Crippen LogP contribution in [0.4, 0.5) is 0 Å². The Kier molecular flexibility index (Phi) is 5.09. The number of aromatic nitrogens is 2. The molecule has 0 saturated heterocycles. The van der Waals surface area contributed by atoms with E-state index in [1.807, 2.05) is 11.5 Å². The van der Waals surface area contributed by atoms with E-state index in [9.17, 15) is 4.79 Å². The predicted octanol–water partition coefficient (Wildman–Crippen LogP) is -2.91. The van der Waals surface area contributed by atoms with E-state index < -0.39 is 0 Å². The Hall–Kier alpha value is -0.603. The normalized spacial score (nSPS) is 18.8. The molecule has 1 atom stereocenters. The summed E-state index contributed by atoms with van der Waals surface area (Å²) in [7, 11) is 0. The van der Waals surface area contributed by atoms with Crippen LogP contribution in [0.2, 0.25) is 0 Å². The molecule has 0 aromatic carbocycles. The number of carbonyl (C=O) groups excluding carboxylic acids is 1. The second-order valence-electron chi connectivity index (χ2n) is 2.91. The van der Waals surface area contributed by atoms with Gasteiger partial charge in [0.2, 0.25) is 0 Å². The molecule has 0 fully saturated rings. The van der Waals surface area contributed by atoms with Gasteiger partial charge in [0, 0.05) is 12.7 Å². The van der Waals surface area contributed by atoms with Gasteiger partial charge in [-0.1, -0.05) is 0 Å². The van der Waals surface area contributed by atoms with Crippen LogP contribution in [0.3, 0.4) is 0 Å². The van der Waals surface area contributed by atoms with Gasteiger partial charge in [-0.05, 0) is 12.7 Å². The first-order valence-corrected chi connectivity index (χ1v) is 3.85. The molecule has 6 heteroatoms. The van der Waals surface area contributed by atoms with Crippen molar-refractivity contribution < 1.29 is 33.9 Å². The minimum Gasteiger partial charge on any atom is -0.870 e. The summed E-state index contributed by atoms with van der Waals surface area (Å²) in [5.74, 6) is 0.375.